The summed E-state index contributed by atoms with van der Waals surface area (Å²) < 4.78 is 25.9. The molecule has 1 fully saturated rings. The van der Waals surface area contributed by atoms with E-state index in [1.807, 2.05) is 6.07 Å². The van der Waals surface area contributed by atoms with E-state index < -0.39 is 22.7 Å². The van der Waals surface area contributed by atoms with Crippen LogP contribution in [0.25, 0.3) is 22.2 Å². The van der Waals surface area contributed by atoms with Crippen LogP contribution in [0.3, 0.4) is 0 Å². The summed E-state index contributed by atoms with van der Waals surface area (Å²) in [5.41, 5.74) is -0.0551. The van der Waals surface area contributed by atoms with Gasteiger partial charge in [-0.1, -0.05) is 13.0 Å². The van der Waals surface area contributed by atoms with Crippen LogP contribution in [0.4, 0.5) is 4.39 Å². The number of hydrogen-bond acceptors (Lipinski definition) is 8. The minimum atomic E-state index is -1.59. The molecule has 2 N–H and O–H groups in total. The van der Waals surface area contributed by atoms with E-state index in [4.69, 9.17) is 14.5 Å². The number of fused-ring (bicyclic) bond motifs is 2. The van der Waals surface area contributed by atoms with Crippen molar-refractivity contribution in [3.63, 3.8) is 0 Å². The smallest absolute Gasteiger partial charge is 0.234 e. The number of pyridine rings is 2. The van der Waals surface area contributed by atoms with Crippen molar-refractivity contribution in [1.82, 2.24) is 15.3 Å². The van der Waals surface area contributed by atoms with Gasteiger partial charge in [-0.2, -0.15) is 0 Å². The van der Waals surface area contributed by atoms with E-state index in [0.717, 1.165) is 18.2 Å². The second-order valence-corrected chi connectivity index (χ2v) is 12.5. The lowest BCUT2D eigenvalue weighted by Gasteiger charge is -2.26. The number of rotatable bonds is 12. The molecule has 2 atom stereocenters. The van der Waals surface area contributed by atoms with Gasteiger partial charge >= 0.3 is 0 Å². The lowest BCUT2D eigenvalue weighted by molar-refractivity contribution is -0.129. The maximum Gasteiger partial charge on any atom is 0.234 e. The number of halogens is 1. The number of Topliss-reactive ketones (excluding diaryl/α,β-unsaturated/α-hetero) is 2. The minimum absolute atomic E-state index is 0.000330. The number of ketones is 2. The van der Waals surface area contributed by atoms with Crippen molar-refractivity contribution in [2.75, 3.05) is 13.2 Å². The molecule has 4 aromatic rings. The molecule has 0 unspecified atom stereocenters. The number of aliphatic hydroxyl groups is 1. The van der Waals surface area contributed by atoms with E-state index in [-0.39, 0.29) is 49.4 Å². The summed E-state index contributed by atoms with van der Waals surface area (Å²) in [5, 5.41) is 15.3. The van der Waals surface area contributed by atoms with Crippen molar-refractivity contribution >= 4 is 28.4 Å². The number of hydrogen-bond donors (Lipinski definition) is 2. The van der Waals surface area contributed by atoms with Crippen molar-refractivity contribution in [2.45, 2.75) is 70.0 Å². The summed E-state index contributed by atoms with van der Waals surface area (Å²) in [7, 11) is 0. The first-order valence-corrected chi connectivity index (χ1v) is 15.5. The Balaban J connectivity index is 1.31. The van der Waals surface area contributed by atoms with Crippen LogP contribution in [0.5, 0.6) is 11.5 Å². The first-order chi connectivity index (χ1) is 22.0. The van der Waals surface area contributed by atoms with E-state index >= 15 is 0 Å². The fourth-order valence-corrected chi connectivity index (χ4v) is 5.55. The highest BCUT2D eigenvalue weighted by molar-refractivity contribution is 6.01. The van der Waals surface area contributed by atoms with Gasteiger partial charge < -0.3 is 19.9 Å². The normalized spacial score (nSPS) is 18.4. The molecule has 0 radical (unpaired) electrons. The first kappa shape index (κ1) is 31.3. The van der Waals surface area contributed by atoms with Gasteiger partial charge in [0.25, 0.3) is 0 Å². The first-order valence-electron chi connectivity index (χ1n) is 15.5. The average molecular weight is 626 g/mol. The fraction of sp³-hybridized carbons (Fsp3) is 0.361. The molecule has 1 aliphatic heterocycles. The summed E-state index contributed by atoms with van der Waals surface area (Å²) >= 11 is 0. The number of carbonyl (C=O) groups is 3. The van der Waals surface area contributed by atoms with Gasteiger partial charge in [-0.25, -0.2) is 9.37 Å². The van der Waals surface area contributed by atoms with E-state index in [1.54, 1.807) is 63.4 Å². The standard InChI is InChI=1S/C36H36FN3O6/c1-4-25(41)19-39-34(43)35(2)20-45-33-27(35)18-30(40-32(33)21-7-9-24(37)10-8-21)36(3,44)14-13-28(42)23-16-22-6-5-15-38-31(22)29(17-23)46-26-11-12-26/h5-10,15-18,26,44H,4,11-14,19-20H2,1-3H3,(H,39,43)/t35-,36-/m0/s1. The highest BCUT2D eigenvalue weighted by Crippen LogP contribution is 2.46. The van der Waals surface area contributed by atoms with E-state index in [1.165, 1.54) is 12.1 Å². The van der Waals surface area contributed by atoms with Crippen molar-refractivity contribution in [2.24, 2.45) is 0 Å². The maximum atomic E-state index is 13.8. The summed E-state index contributed by atoms with van der Waals surface area (Å²) in [6.45, 7) is 4.87. The molecule has 46 heavy (non-hydrogen) atoms. The predicted molar refractivity (Wildman–Crippen MR) is 169 cm³/mol. The molecular weight excluding hydrogens is 589 g/mol. The van der Waals surface area contributed by atoms with Crippen LogP contribution < -0.4 is 14.8 Å². The van der Waals surface area contributed by atoms with Crippen LogP contribution in [-0.4, -0.2) is 51.8 Å². The molecule has 1 aliphatic carbocycles. The van der Waals surface area contributed by atoms with Gasteiger partial charge in [0.1, 0.15) is 46.1 Å². The lowest BCUT2D eigenvalue weighted by atomic mass is 9.81. The summed E-state index contributed by atoms with van der Waals surface area (Å²) in [4.78, 5) is 48.1. The largest absolute Gasteiger partial charge is 0.489 e. The molecule has 1 amide bonds. The number of ether oxygens (including phenoxy) is 2. The van der Waals surface area contributed by atoms with Crippen molar-refractivity contribution in [1.29, 1.82) is 0 Å². The number of carbonyl (C=O) groups excluding carboxylic acids is 3. The second kappa shape index (κ2) is 12.2. The Labute approximate surface area is 266 Å². The molecule has 238 valence electrons. The second-order valence-electron chi connectivity index (χ2n) is 12.5. The Bertz CT molecular complexity index is 1840. The predicted octanol–water partition coefficient (Wildman–Crippen LogP) is 5.59. The maximum absolute atomic E-state index is 13.8. The molecule has 10 heteroatoms. The minimum Gasteiger partial charge on any atom is -0.489 e. The molecule has 1 saturated carbocycles. The van der Waals surface area contributed by atoms with Gasteiger partial charge in [0.15, 0.2) is 11.6 Å². The molecule has 0 saturated heterocycles. The molecule has 3 heterocycles. The molecular formula is C36H36FN3O6. The molecule has 2 aromatic heterocycles. The number of nitrogens with zero attached hydrogens (tertiary/aromatic N) is 2. The lowest BCUT2D eigenvalue weighted by Crippen LogP contribution is -2.45. The van der Waals surface area contributed by atoms with Gasteiger partial charge in [0, 0.05) is 41.1 Å². The third-order valence-electron chi connectivity index (χ3n) is 8.73. The van der Waals surface area contributed by atoms with Crippen LogP contribution >= 0.6 is 0 Å². The zero-order valence-electron chi connectivity index (χ0n) is 26.1. The van der Waals surface area contributed by atoms with Gasteiger partial charge in [0.05, 0.1) is 18.3 Å². The Morgan fingerprint density at radius 3 is 2.63 bits per heavy atom. The van der Waals surface area contributed by atoms with Gasteiger partial charge in [-0.3, -0.25) is 19.4 Å². The van der Waals surface area contributed by atoms with E-state index in [0.29, 0.717) is 45.8 Å². The van der Waals surface area contributed by atoms with E-state index in [9.17, 15) is 23.9 Å². The van der Waals surface area contributed by atoms with Crippen molar-refractivity contribution in [3.8, 4) is 22.8 Å². The number of aromatic nitrogens is 2. The molecule has 0 bridgehead atoms. The van der Waals surface area contributed by atoms with Crippen molar-refractivity contribution < 1.29 is 33.4 Å². The average Bonchev–Trinajstić information content (AvgIpc) is 3.81. The number of benzene rings is 2. The van der Waals surface area contributed by atoms with Gasteiger partial charge in [-0.15, -0.1) is 0 Å². The fourth-order valence-electron chi connectivity index (χ4n) is 5.55. The van der Waals surface area contributed by atoms with Crippen LogP contribution in [0.2, 0.25) is 0 Å². The Kier molecular flexibility index (Phi) is 8.33. The van der Waals surface area contributed by atoms with E-state index in [2.05, 4.69) is 10.3 Å². The van der Waals surface area contributed by atoms with Crippen molar-refractivity contribution in [3.05, 3.63) is 83.4 Å². The molecule has 0 spiro atoms. The van der Waals surface area contributed by atoms with Gasteiger partial charge in [-0.05, 0) is 81.6 Å². The summed E-state index contributed by atoms with van der Waals surface area (Å²) in [5.74, 6) is -0.212. The van der Waals surface area contributed by atoms with Crippen LogP contribution in [-0.2, 0) is 20.6 Å². The number of amides is 1. The van der Waals surface area contributed by atoms with Crippen LogP contribution in [0.15, 0.2) is 60.8 Å². The third-order valence-corrected chi connectivity index (χ3v) is 8.73. The SMILES string of the molecule is CCC(=O)CNC(=O)[C@@]1(C)COc2c1cc([C@@](C)(O)CCC(=O)c1cc(OC3CC3)c3ncccc3c1)nc2-c1ccc(F)cc1. The zero-order valence-corrected chi connectivity index (χ0v) is 26.1. The van der Waals surface area contributed by atoms with Crippen LogP contribution in [0, 0.1) is 5.82 Å². The Morgan fingerprint density at radius 1 is 1.15 bits per heavy atom. The highest BCUT2D eigenvalue weighted by atomic mass is 19.1. The van der Waals surface area contributed by atoms with Gasteiger partial charge in [0.2, 0.25) is 5.91 Å². The van der Waals surface area contributed by atoms with Crippen LogP contribution in [0.1, 0.15) is 74.5 Å². The Hall–Kier alpha value is -4.70. The Morgan fingerprint density at radius 2 is 1.91 bits per heavy atom. The highest BCUT2D eigenvalue weighted by Gasteiger charge is 2.46. The third kappa shape index (κ3) is 6.22. The molecule has 6 rings (SSSR count). The zero-order chi connectivity index (χ0) is 32.6. The topological polar surface area (TPSA) is 128 Å². The molecule has 2 aromatic carbocycles. The molecule has 2 aliphatic rings. The molecule has 9 nitrogen and oxygen atoms in total. The number of nitrogens with one attached hydrogen (secondary N) is 1. The summed E-state index contributed by atoms with van der Waals surface area (Å²) in [6.07, 6.45) is 4.06. The quantitative estimate of drug-likeness (QED) is 0.195. The summed E-state index contributed by atoms with van der Waals surface area (Å²) in [6, 6.07) is 14.5. The monoisotopic (exact) mass is 625 g/mol.